The van der Waals surface area contributed by atoms with Crippen molar-refractivity contribution >= 4 is 11.4 Å². The van der Waals surface area contributed by atoms with E-state index in [0.717, 1.165) is 40.1 Å². The molecule has 6 nitrogen and oxygen atoms in total. The third kappa shape index (κ3) is 4.85. The highest BCUT2D eigenvalue weighted by Gasteiger charge is 2.71. The van der Waals surface area contributed by atoms with E-state index >= 15 is 0 Å². The number of alkyl halides is 6. The fraction of sp³-hybridized carbons (Fsp3) is 0.320. The van der Waals surface area contributed by atoms with Crippen molar-refractivity contribution in [2.75, 3.05) is 11.9 Å². The van der Waals surface area contributed by atoms with Crippen molar-refractivity contribution in [1.82, 2.24) is 15.1 Å². The van der Waals surface area contributed by atoms with Crippen molar-refractivity contribution in [2.45, 2.75) is 37.3 Å². The van der Waals surface area contributed by atoms with Gasteiger partial charge in [-0.25, -0.2) is 0 Å². The zero-order valence-electron chi connectivity index (χ0n) is 19.9. The van der Waals surface area contributed by atoms with Crippen molar-refractivity contribution in [2.24, 2.45) is 12.8 Å². The van der Waals surface area contributed by atoms with Crippen LogP contribution in [0.15, 0.2) is 60.6 Å². The second kappa shape index (κ2) is 9.33. The Labute approximate surface area is 208 Å². The van der Waals surface area contributed by atoms with Crippen LogP contribution in [0.4, 0.5) is 32.0 Å². The number of aromatic nitrogens is 2. The molecule has 1 atom stereocenters. The number of rotatable bonds is 4. The number of anilines is 1. The molecule has 1 aliphatic rings. The Morgan fingerprint density at radius 2 is 1.70 bits per heavy atom. The summed E-state index contributed by atoms with van der Waals surface area (Å²) >= 11 is 0. The predicted molar refractivity (Wildman–Crippen MR) is 127 cm³/mol. The van der Waals surface area contributed by atoms with Crippen molar-refractivity contribution in [3.05, 3.63) is 77.2 Å². The Morgan fingerprint density at radius 1 is 1.05 bits per heavy atom. The molecule has 3 aromatic rings. The third-order valence-electron chi connectivity index (χ3n) is 6.33. The number of hydrogen-bond acceptors (Lipinski definition) is 5. The van der Waals surface area contributed by atoms with Crippen LogP contribution in [-0.4, -0.2) is 33.8 Å². The van der Waals surface area contributed by atoms with Gasteiger partial charge in [0.25, 0.3) is 5.60 Å². The van der Waals surface area contributed by atoms with E-state index in [4.69, 9.17) is 5.73 Å². The number of allylic oxidation sites excluding steroid dienone is 1. The lowest BCUT2D eigenvalue weighted by Gasteiger charge is -2.32. The highest BCUT2D eigenvalue weighted by Crippen LogP contribution is 2.50. The lowest BCUT2D eigenvalue weighted by atomic mass is 9.91. The summed E-state index contributed by atoms with van der Waals surface area (Å²) in [7, 11) is 1.79. The molecule has 2 aromatic carbocycles. The molecule has 0 spiro atoms. The molecule has 2 heterocycles. The van der Waals surface area contributed by atoms with Crippen LogP contribution in [-0.2, 0) is 12.6 Å². The minimum absolute atomic E-state index is 0.287. The van der Waals surface area contributed by atoms with Gasteiger partial charge in [-0.15, -0.1) is 0 Å². The van der Waals surface area contributed by atoms with E-state index in [0.29, 0.717) is 30.8 Å². The maximum Gasteiger partial charge on any atom is 0.430 e. The molecule has 0 aliphatic carbocycles. The molecular weight excluding hydrogens is 500 g/mol. The number of fused-ring (bicyclic) bond motifs is 1. The van der Waals surface area contributed by atoms with Crippen LogP contribution in [0, 0.1) is 0 Å². The minimum Gasteiger partial charge on any atom is -0.401 e. The minimum atomic E-state index is -5.95. The zero-order chi connectivity index (χ0) is 27.2. The van der Waals surface area contributed by atoms with Gasteiger partial charge in [0.2, 0.25) is 0 Å². The van der Waals surface area contributed by atoms with E-state index in [2.05, 4.69) is 15.7 Å². The quantitative estimate of drug-likeness (QED) is 0.352. The van der Waals surface area contributed by atoms with Crippen LogP contribution in [0.1, 0.15) is 36.1 Å². The van der Waals surface area contributed by atoms with Crippen LogP contribution in [0.2, 0.25) is 0 Å². The standard InChI is InChI=1S/C25H25F6N5O/c1-14(32)22-19-8-3-15(16-12-34-36(2)13-16)11-20(19)21(9-10-33-22)35-18-6-4-17(5-7-18)23(37,24(26,27)28)25(29,30)31/h3-8,11-13,21,33,35,37H,9-10,32H2,1-2H3/b22-14-. The molecule has 1 aromatic heterocycles. The Morgan fingerprint density at radius 3 is 2.24 bits per heavy atom. The number of nitrogens with zero attached hydrogens (tertiary/aromatic N) is 2. The summed E-state index contributed by atoms with van der Waals surface area (Å²) < 4.78 is 81.1. The summed E-state index contributed by atoms with van der Waals surface area (Å²) in [4.78, 5) is 0. The number of aryl methyl sites for hydroxylation is 1. The van der Waals surface area contributed by atoms with Gasteiger partial charge in [-0.1, -0.05) is 24.3 Å². The molecule has 0 radical (unpaired) electrons. The molecule has 1 aliphatic heterocycles. The first-order valence-corrected chi connectivity index (χ1v) is 11.3. The van der Waals surface area contributed by atoms with Gasteiger partial charge in [0.1, 0.15) is 0 Å². The van der Waals surface area contributed by atoms with E-state index in [1.807, 2.05) is 24.4 Å². The molecule has 0 saturated heterocycles. The van der Waals surface area contributed by atoms with E-state index in [1.54, 1.807) is 24.9 Å². The molecule has 0 saturated carbocycles. The van der Waals surface area contributed by atoms with Crippen molar-refractivity contribution in [3.63, 3.8) is 0 Å². The summed E-state index contributed by atoms with van der Waals surface area (Å²) in [6, 6.07) is 8.86. The smallest absolute Gasteiger partial charge is 0.401 e. The molecule has 0 bridgehead atoms. The van der Waals surface area contributed by atoms with Gasteiger partial charge in [0, 0.05) is 47.9 Å². The largest absolute Gasteiger partial charge is 0.430 e. The normalized spacial score (nSPS) is 18.0. The second-order valence-corrected chi connectivity index (χ2v) is 8.96. The summed E-state index contributed by atoms with van der Waals surface area (Å²) in [6.07, 6.45) is -7.79. The maximum absolute atomic E-state index is 13.2. The van der Waals surface area contributed by atoms with Crippen LogP contribution < -0.4 is 16.4 Å². The van der Waals surface area contributed by atoms with E-state index < -0.39 is 23.5 Å². The summed E-state index contributed by atoms with van der Waals surface area (Å²) in [5.74, 6) is 0. The predicted octanol–water partition coefficient (Wildman–Crippen LogP) is 5.19. The van der Waals surface area contributed by atoms with Gasteiger partial charge in [0.15, 0.2) is 0 Å². The number of nitrogens with one attached hydrogen (secondary N) is 2. The van der Waals surface area contributed by atoms with Crippen LogP contribution in [0.25, 0.3) is 16.8 Å². The highest BCUT2D eigenvalue weighted by atomic mass is 19.4. The van der Waals surface area contributed by atoms with Crippen molar-refractivity contribution < 1.29 is 31.4 Å². The number of benzene rings is 2. The molecule has 0 fully saturated rings. The molecule has 4 rings (SSSR count). The van der Waals surface area contributed by atoms with Gasteiger partial charge >= 0.3 is 12.4 Å². The molecule has 1 unspecified atom stereocenters. The lowest BCUT2D eigenvalue weighted by Crippen LogP contribution is -2.53. The van der Waals surface area contributed by atoms with Crippen molar-refractivity contribution in [3.8, 4) is 11.1 Å². The second-order valence-electron chi connectivity index (χ2n) is 8.96. The summed E-state index contributed by atoms with van der Waals surface area (Å²) in [6.45, 7) is 2.27. The van der Waals surface area contributed by atoms with Gasteiger partial charge in [0.05, 0.1) is 17.9 Å². The van der Waals surface area contributed by atoms with Crippen LogP contribution in [0.5, 0.6) is 0 Å². The van der Waals surface area contributed by atoms with Crippen LogP contribution >= 0.6 is 0 Å². The molecular formula is C25H25F6N5O. The first kappa shape index (κ1) is 26.4. The fourth-order valence-electron chi connectivity index (χ4n) is 4.42. The van der Waals surface area contributed by atoms with Gasteiger partial charge in [-0.3, -0.25) is 4.68 Å². The summed E-state index contributed by atoms with van der Waals surface area (Å²) in [5.41, 5.74) is 4.83. The number of aliphatic hydroxyl groups is 1. The zero-order valence-corrected chi connectivity index (χ0v) is 19.9. The lowest BCUT2D eigenvalue weighted by molar-refractivity contribution is -0.376. The van der Waals surface area contributed by atoms with Gasteiger partial charge in [-0.05, 0) is 42.7 Å². The first-order valence-electron chi connectivity index (χ1n) is 11.3. The molecule has 37 heavy (non-hydrogen) atoms. The average Bonchev–Trinajstić information content (AvgIpc) is 3.16. The SMILES string of the molecule is C/C(N)=C1/NCCC(Nc2ccc(C(O)(C(F)(F)F)C(F)(F)F)cc2)c2cc(-c3cnn(C)c3)ccc21. The molecule has 12 heteroatoms. The Balaban J connectivity index is 1.72. The Kier molecular flexibility index (Phi) is 6.65. The Hall–Kier alpha value is -3.67. The van der Waals surface area contributed by atoms with E-state index in [1.165, 1.54) is 0 Å². The van der Waals surface area contributed by atoms with Crippen molar-refractivity contribution in [1.29, 1.82) is 0 Å². The molecule has 5 N–H and O–H groups in total. The van der Waals surface area contributed by atoms with Gasteiger partial charge in [-0.2, -0.15) is 31.4 Å². The third-order valence-corrected chi connectivity index (χ3v) is 6.33. The number of nitrogens with two attached hydrogens (primary N) is 1. The highest BCUT2D eigenvalue weighted by molar-refractivity contribution is 5.75. The first-order chi connectivity index (χ1) is 17.2. The molecule has 198 valence electrons. The van der Waals surface area contributed by atoms with E-state index in [9.17, 15) is 31.4 Å². The van der Waals surface area contributed by atoms with Crippen LogP contribution in [0.3, 0.4) is 0 Å². The fourth-order valence-corrected chi connectivity index (χ4v) is 4.42. The van der Waals surface area contributed by atoms with Gasteiger partial charge < -0.3 is 21.5 Å². The molecule has 0 amide bonds. The average molecular weight is 525 g/mol. The van der Waals surface area contributed by atoms with E-state index in [-0.39, 0.29) is 11.7 Å². The topological polar surface area (TPSA) is 88.1 Å². The number of halogens is 6. The maximum atomic E-state index is 13.2. The number of hydrogen-bond donors (Lipinski definition) is 4. The Bertz CT molecular complexity index is 1290. The summed E-state index contributed by atoms with van der Waals surface area (Å²) in [5, 5.41) is 20.4. The monoisotopic (exact) mass is 525 g/mol.